The van der Waals surface area contributed by atoms with Crippen LogP contribution in [0.4, 0.5) is 0 Å². The number of carbonyl (C=O) groups is 1. The Morgan fingerprint density at radius 1 is 1.09 bits per heavy atom. The van der Waals surface area contributed by atoms with Crippen molar-refractivity contribution >= 4 is 5.97 Å². The van der Waals surface area contributed by atoms with Crippen molar-refractivity contribution in [3.63, 3.8) is 0 Å². The summed E-state index contributed by atoms with van der Waals surface area (Å²) in [6.45, 7) is 0. The van der Waals surface area contributed by atoms with Crippen molar-refractivity contribution in [1.82, 2.24) is 9.55 Å². The van der Waals surface area contributed by atoms with Gasteiger partial charge < -0.3 is 29.9 Å². The monoisotopic (exact) mass is 330 g/mol. The molecule has 2 unspecified atom stereocenters. The average Bonchev–Trinajstić information content (AvgIpc) is 2.80. The molecule has 1 aromatic rings. The van der Waals surface area contributed by atoms with Gasteiger partial charge in [-0.3, -0.25) is 14.3 Å². The number of nitrogens with zero attached hydrogens (tertiary/aromatic N) is 1. The fourth-order valence-electron chi connectivity index (χ4n) is 2.79. The van der Waals surface area contributed by atoms with E-state index in [0.717, 1.165) is 16.8 Å². The second-order valence-electron chi connectivity index (χ2n) is 5.34. The minimum atomic E-state index is -1.76. The van der Waals surface area contributed by atoms with Crippen LogP contribution < -0.4 is 11.2 Å². The van der Waals surface area contributed by atoms with E-state index in [1.54, 1.807) is 0 Å². The van der Waals surface area contributed by atoms with Crippen LogP contribution in [0, 0.1) is 0 Å². The predicted octanol–water partition coefficient (Wildman–Crippen LogP) is -3.63. The van der Waals surface area contributed by atoms with Gasteiger partial charge in [0.1, 0.15) is 30.5 Å². The van der Waals surface area contributed by atoms with Crippen LogP contribution in [-0.4, -0.2) is 72.6 Å². The first-order valence-electron chi connectivity index (χ1n) is 6.70. The Balaban J connectivity index is 1.93. The van der Waals surface area contributed by atoms with E-state index in [9.17, 15) is 29.7 Å². The van der Waals surface area contributed by atoms with Crippen LogP contribution in [0.15, 0.2) is 21.9 Å². The van der Waals surface area contributed by atoms with Gasteiger partial charge in [0.05, 0.1) is 0 Å². The van der Waals surface area contributed by atoms with Crippen LogP contribution in [0.2, 0.25) is 0 Å². The van der Waals surface area contributed by atoms with Crippen molar-refractivity contribution in [2.24, 2.45) is 0 Å². The number of rotatable bonds is 2. The van der Waals surface area contributed by atoms with Crippen LogP contribution in [0.5, 0.6) is 0 Å². The van der Waals surface area contributed by atoms with Crippen LogP contribution >= 0.6 is 0 Å². The van der Waals surface area contributed by atoms with Gasteiger partial charge in [-0.05, 0) is 0 Å². The molecule has 2 aliphatic rings. The summed E-state index contributed by atoms with van der Waals surface area (Å²) >= 11 is 0. The summed E-state index contributed by atoms with van der Waals surface area (Å²) in [5.74, 6) is -1.51. The fourth-order valence-corrected chi connectivity index (χ4v) is 2.79. The molecule has 7 atom stereocenters. The Morgan fingerprint density at radius 2 is 1.74 bits per heavy atom. The van der Waals surface area contributed by atoms with Gasteiger partial charge in [-0.15, -0.1) is 0 Å². The van der Waals surface area contributed by atoms with Crippen molar-refractivity contribution in [3.05, 3.63) is 33.1 Å². The quantitative estimate of drug-likeness (QED) is 0.367. The molecular formula is C12H14N2O9. The third-order valence-electron chi connectivity index (χ3n) is 3.92. The SMILES string of the molecule is O=C(O)[C@H]1OC2C(O[C@@H](n3ccc(=O)[nH]c3=O)[C@@H]2O)[C@H](O)[C@@H]1O. The van der Waals surface area contributed by atoms with Crippen molar-refractivity contribution in [2.75, 3.05) is 0 Å². The second-order valence-corrected chi connectivity index (χ2v) is 5.34. The standard InChI is InChI=1S/C12H14N2O9/c15-3-1-2-14(12(21)13-3)10-6(18)8-7(23-10)4(16)5(17)9(22-8)11(19)20/h1-2,4-10,16-18H,(H,19,20)(H,13,15,21)/t4-,5+,6-,7?,8?,9+,10-/m1/s1. The van der Waals surface area contributed by atoms with Crippen molar-refractivity contribution in [1.29, 1.82) is 0 Å². The molecule has 11 nitrogen and oxygen atoms in total. The molecule has 3 heterocycles. The number of H-pyrrole nitrogens is 1. The number of hydrogen-bond acceptors (Lipinski definition) is 8. The third kappa shape index (κ3) is 2.48. The van der Waals surface area contributed by atoms with Crippen molar-refractivity contribution in [2.45, 2.75) is 42.9 Å². The molecule has 0 bridgehead atoms. The molecule has 3 rings (SSSR count). The number of hydrogen-bond donors (Lipinski definition) is 5. The first-order valence-corrected chi connectivity index (χ1v) is 6.70. The van der Waals surface area contributed by atoms with E-state index >= 15 is 0 Å². The smallest absolute Gasteiger partial charge is 0.335 e. The molecule has 0 amide bonds. The number of aromatic amines is 1. The number of aromatic nitrogens is 2. The highest BCUT2D eigenvalue weighted by Gasteiger charge is 2.57. The summed E-state index contributed by atoms with van der Waals surface area (Å²) in [4.78, 5) is 35.8. The topological polar surface area (TPSA) is 171 Å². The van der Waals surface area contributed by atoms with Gasteiger partial charge in [-0.2, -0.15) is 0 Å². The molecule has 0 aromatic carbocycles. The summed E-state index contributed by atoms with van der Waals surface area (Å²) in [6.07, 6.45) is -9.35. The maximum absolute atomic E-state index is 11.8. The maximum Gasteiger partial charge on any atom is 0.335 e. The van der Waals surface area contributed by atoms with E-state index in [1.807, 2.05) is 4.98 Å². The second kappa shape index (κ2) is 5.54. The molecule has 11 heteroatoms. The number of aliphatic hydroxyl groups is 3. The lowest BCUT2D eigenvalue weighted by Gasteiger charge is -2.37. The number of nitrogens with one attached hydrogen (secondary N) is 1. The lowest BCUT2D eigenvalue weighted by molar-refractivity contribution is -0.224. The molecule has 0 radical (unpaired) electrons. The molecule has 2 fully saturated rings. The van der Waals surface area contributed by atoms with E-state index in [-0.39, 0.29) is 0 Å². The third-order valence-corrected chi connectivity index (χ3v) is 3.92. The Labute approximate surface area is 127 Å². The van der Waals surface area contributed by atoms with Gasteiger partial charge >= 0.3 is 11.7 Å². The normalized spacial score (nSPS) is 39.9. The summed E-state index contributed by atoms with van der Waals surface area (Å²) < 4.78 is 11.3. The minimum absolute atomic E-state index is 0.645. The number of carboxylic acids is 1. The fraction of sp³-hybridized carbons (Fsp3) is 0.583. The predicted molar refractivity (Wildman–Crippen MR) is 69.5 cm³/mol. The maximum atomic E-state index is 11.8. The molecule has 1 aromatic heterocycles. The molecule has 5 N–H and O–H groups in total. The lowest BCUT2D eigenvalue weighted by atomic mass is 9.94. The molecule has 126 valence electrons. The summed E-state index contributed by atoms with van der Waals surface area (Å²) in [5.41, 5.74) is -1.50. The van der Waals surface area contributed by atoms with Gasteiger partial charge in [0.15, 0.2) is 12.3 Å². The van der Waals surface area contributed by atoms with Crippen LogP contribution in [0.25, 0.3) is 0 Å². The Kier molecular flexibility index (Phi) is 3.82. The average molecular weight is 330 g/mol. The number of ether oxygens (including phenoxy) is 2. The zero-order valence-electron chi connectivity index (χ0n) is 11.5. The molecule has 2 saturated heterocycles. The van der Waals surface area contributed by atoms with E-state index in [4.69, 9.17) is 14.6 Å². The van der Waals surface area contributed by atoms with Gasteiger partial charge in [-0.1, -0.05) is 0 Å². The van der Waals surface area contributed by atoms with Crippen LogP contribution in [0.3, 0.4) is 0 Å². The Bertz CT molecular complexity index is 728. The highest BCUT2D eigenvalue weighted by molar-refractivity contribution is 5.73. The molecule has 23 heavy (non-hydrogen) atoms. The van der Waals surface area contributed by atoms with E-state index in [2.05, 4.69) is 0 Å². The number of fused-ring (bicyclic) bond motifs is 1. The van der Waals surface area contributed by atoms with Gasteiger partial charge in [0.25, 0.3) is 5.56 Å². The number of aliphatic hydroxyl groups excluding tert-OH is 3. The lowest BCUT2D eigenvalue weighted by Crippen LogP contribution is -2.60. The first-order chi connectivity index (χ1) is 10.8. The van der Waals surface area contributed by atoms with Gasteiger partial charge in [0.2, 0.25) is 0 Å². The van der Waals surface area contributed by atoms with Gasteiger partial charge in [0, 0.05) is 12.3 Å². The molecular weight excluding hydrogens is 316 g/mol. The zero-order chi connectivity index (χ0) is 16.9. The molecule has 0 aliphatic carbocycles. The summed E-state index contributed by atoms with van der Waals surface area (Å²) in [6, 6.07) is 1.03. The Morgan fingerprint density at radius 3 is 2.35 bits per heavy atom. The van der Waals surface area contributed by atoms with Crippen molar-refractivity contribution < 1.29 is 34.7 Å². The largest absolute Gasteiger partial charge is 0.479 e. The number of carboxylic acid groups (broad SMARTS) is 1. The van der Waals surface area contributed by atoms with Gasteiger partial charge in [-0.25, -0.2) is 9.59 Å². The minimum Gasteiger partial charge on any atom is -0.479 e. The highest BCUT2D eigenvalue weighted by Crippen LogP contribution is 2.37. The van der Waals surface area contributed by atoms with Crippen LogP contribution in [0.1, 0.15) is 6.23 Å². The molecule has 0 spiro atoms. The molecule has 2 aliphatic heterocycles. The van der Waals surface area contributed by atoms with E-state index in [1.165, 1.54) is 0 Å². The summed E-state index contributed by atoms with van der Waals surface area (Å²) in [5, 5.41) is 39.0. The van der Waals surface area contributed by atoms with E-state index < -0.39 is 60.1 Å². The first kappa shape index (κ1) is 15.8. The van der Waals surface area contributed by atoms with Crippen molar-refractivity contribution in [3.8, 4) is 0 Å². The summed E-state index contributed by atoms with van der Waals surface area (Å²) in [7, 11) is 0. The van der Waals surface area contributed by atoms with Crippen LogP contribution in [-0.2, 0) is 14.3 Å². The molecule has 0 saturated carbocycles. The number of aliphatic carboxylic acids is 1. The van der Waals surface area contributed by atoms with E-state index in [0.29, 0.717) is 0 Å². The highest BCUT2D eigenvalue weighted by atomic mass is 16.6. The Hall–Kier alpha value is -2.05. The zero-order valence-corrected chi connectivity index (χ0v) is 11.5.